The fourth-order valence-corrected chi connectivity index (χ4v) is 5.30. The number of nitrogens with one attached hydrogen (secondary N) is 2. The fraction of sp³-hybridized carbons (Fsp3) is 0.344. The summed E-state index contributed by atoms with van der Waals surface area (Å²) in [5, 5.41) is 14.4. The molecule has 204 valence electrons. The molecule has 2 unspecified atom stereocenters. The molecule has 2 atom stereocenters. The number of hydrogen-bond donors (Lipinski definition) is 3. The zero-order valence-electron chi connectivity index (χ0n) is 22.8. The van der Waals surface area contributed by atoms with Gasteiger partial charge in [-0.1, -0.05) is 92.7 Å². The molecule has 1 aliphatic carbocycles. The van der Waals surface area contributed by atoms with Crippen molar-refractivity contribution in [1.29, 1.82) is 0 Å². The maximum absolute atomic E-state index is 14.0. The number of carboxylic acid groups (broad SMARTS) is 1. The van der Waals surface area contributed by atoms with Crippen LogP contribution in [0.5, 0.6) is 0 Å². The Kier molecular flexibility index (Phi) is 9.02. The van der Waals surface area contributed by atoms with E-state index in [2.05, 4.69) is 22.8 Å². The Morgan fingerprint density at radius 2 is 1.44 bits per heavy atom. The smallest absolute Gasteiger partial charge is 0.404 e. The first-order valence-corrected chi connectivity index (χ1v) is 13.5. The lowest BCUT2D eigenvalue weighted by Gasteiger charge is -2.30. The van der Waals surface area contributed by atoms with E-state index in [9.17, 15) is 14.4 Å². The van der Waals surface area contributed by atoms with Gasteiger partial charge in [0.2, 0.25) is 11.8 Å². The summed E-state index contributed by atoms with van der Waals surface area (Å²) in [6.45, 7) is 3.95. The second kappa shape index (κ2) is 12.6. The fourth-order valence-electron chi connectivity index (χ4n) is 5.30. The molecule has 0 aromatic heterocycles. The second-order valence-electron chi connectivity index (χ2n) is 10.7. The van der Waals surface area contributed by atoms with E-state index >= 15 is 0 Å². The molecule has 0 saturated carbocycles. The van der Waals surface area contributed by atoms with Crippen LogP contribution in [0.3, 0.4) is 0 Å². The normalized spacial score (nSPS) is 14.4. The molecule has 3 N–H and O–H groups in total. The lowest BCUT2D eigenvalue weighted by atomic mass is 9.94. The number of carbonyl (C=O) groups excluding carboxylic acids is 2. The van der Waals surface area contributed by atoms with Crippen LogP contribution in [0.25, 0.3) is 11.1 Å². The summed E-state index contributed by atoms with van der Waals surface area (Å²) in [6.07, 6.45) is 0.851. The summed E-state index contributed by atoms with van der Waals surface area (Å²) in [6, 6.07) is 25.0. The first-order chi connectivity index (χ1) is 18.7. The van der Waals surface area contributed by atoms with Crippen LogP contribution < -0.4 is 10.6 Å². The Morgan fingerprint density at radius 1 is 0.872 bits per heavy atom. The average molecular weight is 528 g/mol. The van der Waals surface area contributed by atoms with E-state index in [1.165, 1.54) is 11.1 Å². The summed E-state index contributed by atoms with van der Waals surface area (Å²) >= 11 is 0. The number of amides is 3. The summed E-state index contributed by atoms with van der Waals surface area (Å²) in [5.74, 6) is -0.953. The van der Waals surface area contributed by atoms with Crippen LogP contribution in [0.2, 0.25) is 0 Å². The van der Waals surface area contributed by atoms with E-state index in [0.717, 1.165) is 24.0 Å². The third kappa shape index (κ3) is 7.05. The zero-order valence-corrected chi connectivity index (χ0v) is 22.8. The number of benzene rings is 3. The van der Waals surface area contributed by atoms with Gasteiger partial charge in [0, 0.05) is 19.6 Å². The Hall–Kier alpha value is -4.13. The number of nitrogens with zero attached hydrogens (tertiary/aromatic N) is 1. The summed E-state index contributed by atoms with van der Waals surface area (Å²) in [4.78, 5) is 40.4. The monoisotopic (exact) mass is 527 g/mol. The molecule has 4 rings (SSSR count). The van der Waals surface area contributed by atoms with Crippen molar-refractivity contribution in [2.45, 2.75) is 45.2 Å². The number of likely N-dealkylation sites (N-methyl/N-ethyl adjacent to an activating group) is 1. The molecule has 0 bridgehead atoms. The highest BCUT2D eigenvalue weighted by Crippen LogP contribution is 2.28. The summed E-state index contributed by atoms with van der Waals surface area (Å²) in [5.41, 5.74) is 5.25. The minimum Gasteiger partial charge on any atom is -0.465 e. The molecule has 0 spiro atoms. The van der Waals surface area contributed by atoms with Crippen LogP contribution >= 0.6 is 0 Å². The van der Waals surface area contributed by atoms with E-state index in [0.29, 0.717) is 12.0 Å². The molecule has 39 heavy (non-hydrogen) atoms. The highest BCUT2D eigenvalue weighted by atomic mass is 16.4. The SMILES string of the molecule is CC(C)CC(CNC(=O)O)C(=O)NC(C(=O)N(C)C1Cc2ccccc2C1)c1ccc(-c2ccccc2)cc1. The first-order valence-electron chi connectivity index (χ1n) is 13.5. The van der Waals surface area contributed by atoms with Gasteiger partial charge in [-0.25, -0.2) is 4.79 Å². The van der Waals surface area contributed by atoms with Gasteiger partial charge in [0.15, 0.2) is 0 Å². The van der Waals surface area contributed by atoms with E-state index in [1.807, 2.05) is 80.6 Å². The van der Waals surface area contributed by atoms with Gasteiger partial charge in [-0.3, -0.25) is 9.59 Å². The van der Waals surface area contributed by atoms with Crippen LogP contribution in [-0.4, -0.2) is 47.5 Å². The minimum absolute atomic E-state index is 0.00182. The molecule has 0 saturated heterocycles. The van der Waals surface area contributed by atoms with Gasteiger partial charge in [-0.15, -0.1) is 0 Å². The predicted octanol–water partition coefficient (Wildman–Crippen LogP) is 5.07. The van der Waals surface area contributed by atoms with Gasteiger partial charge >= 0.3 is 6.09 Å². The standard InChI is InChI=1S/C32H37N3O4/c1-21(2)17-27(20-33-32(38)39)30(36)34-29(24-15-13-23(14-16-24)22-9-5-4-6-10-22)31(37)35(3)28-18-25-11-7-8-12-26(25)19-28/h4-16,21,27-29,33H,17-20H2,1-3H3,(H,34,36)(H,38,39). The number of hydrogen-bond acceptors (Lipinski definition) is 3. The summed E-state index contributed by atoms with van der Waals surface area (Å²) in [7, 11) is 1.80. The second-order valence-corrected chi connectivity index (χ2v) is 10.7. The predicted molar refractivity (Wildman–Crippen MR) is 152 cm³/mol. The molecule has 7 heteroatoms. The van der Waals surface area contributed by atoms with Crippen molar-refractivity contribution in [2.75, 3.05) is 13.6 Å². The van der Waals surface area contributed by atoms with E-state index < -0.39 is 18.1 Å². The molecule has 0 radical (unpaired) electrons. The topological polar surface area (TPSA) is 98.7 Å². The third-order valence-electron chi connectivity index (χ3n) is 7.44. The molecule has 7 nitrogen and oxygen atoms in total. The third-order valence-corrected chi connectivity index (χ3v) is 7.44. The molecule has 1 aliphatic rings. The Labute approximate surface area is 230 Å². The van der Waals surface area contributed by atoms with Crippen LogP contribution in [0.4, 0.5) is 4.79 Å². The molecule has 0 heterocycles. The minimum atomic E-state index is -1.18. The van der Waals surface area contributed by atoms with Crippen molar-refractivity contribution in [3.8, 4) is 11.1 Å². The Balaban J connectivity index is 1.59. The molecule has 3 amide bonds. The van der Waals surface area contributed by atoms with Crippen LogP contribution in [0.1, 0.15) is 43.0 Å². The number of fused-ring (bicyclic) bond motifs is 1. The maximum Gasteiger partial charge on any atom is 0.404 e. The zero-order chi connectivity index (χ0) is 27.9. The van der Waals surface area contributed by atoms with E-state index in [4.69, 9.17) is 5.11 Å². The average Bonchev–Trinajstić information content (AvgIpc) is 3.38. The van der Waals surface area contributed by atoms with Crippen LogP contribution in [0.15, 0.2) is 78.9 Å². The van der Waals surface area contributed by atoms with Gasteiger partial charge < -0.3 is 20.6 Å². The molecule has 0 aliphatic heterocycles. The van der Waals surface area contributed by atoms with Crippen molar-refractivity contribution < 1.29 is 19.5 Å². The van der Waals surface area contributed by atoms with Crippen molar-refractivity contribution in [3.05, 3.63) is 95.6 Å². The largest absolute Gasteiger partial charge is 0.465 e. The highest BCUT2D eigenvalue weighted by Gasteiger charge is 2.34. The van der Waals surface area contributed by atoms with Crippen LogP contribution in [-0.2, 0) is 22.4 Å². The van der Waals surface area contributed by atoms with E-state index in [-0.39, 0.29) is 30.3 Å². The number of rotatable bonds is 10. The molecule has 3 aromatic rings. The number of carbonyl (C=O) groups is 3. The van der Waals surface area contributed by atoms with Gasteiger partial charge in [0.25, 0.3) is 0 Å². The maximum atomic E-state index is 14.0. The van der Waals surface area contributed by atoms with Crippen molar-refractivity contribution in [2.24, 2.45) is 11.8 Å². The van der Waals surface area contributed by atoms with E-state index in [1.54, 1.807) is 11.9 Å². The van der Waals surface area contributed by atoms with Crippen LogP contribution in [0, 0.1) is 11.8 Å². The van der Waals surface area contributed by atoms with Gasteiger partial charge in [0.1, 0.15) is 6.04 Å². The highest BCUT2D eigenvalue weighted by molar-refractivity contribution is 5.90. The van der Waals surface area contributed by atoms with Crippen molar-refractivity contribution in [1.82, 2.24) is 15.5 Å². The quantitative estimate of drug-likeness (QED) is 0.343. The van der Waals surface area contributed by atoms with Gasteiger partial charge in [-0.2, -0.15) is 0 Å². The lowest BCUT2D eigenvalue weighted by molar-refractivity contribution is -0.138. The van der Waals surface area contributed by atoms with Gasteiger partial charge in [0.05, 0.1) is 5.92 Å². The lowest BCUT2D eigenvalue weighted by Crippen LogP contribution is -2.48. The molecular formula is C32H37N3O4. The molecule has 3 aromatic carbocycles. The first kappa shape index (κ1) is 27.9. The Morgan fingerprint density at radius 3 is 2.00 bits per heavy atom. The molecule has 0 fully saturated rings. The molecular weight excluding hydrogens is 490 g/mol. The Bertz CT molecular complexity index is 1270. The van der Waals surface area contributed by atoms with Crippen molar-refractivity contribution >= 4 is 17.9 Å². The summed E-state index contributed by atoms with van der Waals surface area (Å²) < 4.78 is 0. The van der Waals surface area contributed by atoms with Gasteiger partial charge in [-0.05, 0) is 53.0 Å². The van der Waals surface area contributed by atoms with Crippen molar-refractivity contribution in [3.63, 3.8) is 0 Å².